The molecule has 166 valence electrons. The van der Waals surface area contributed by atoms with Gasteiger partial charge in [0, 0.05) is 31.7 Å². The summed E-state index contributed by atoms with van der Waals surface area (Å²) in [4.78, 5) is 33.0. The standard InChI is InChI=1S/C23H30N4O4/c1-16-6-7-17(14-19(16)30-5)21(28)25-20-9-8-18(15-24-20)26-10-12-27(13-11-26)22(29)31-23(2,3)4/h6-9,14-15H,10-13H2,1-5H3,(H,24,25,28). The van der Waals surface area contributed by atoms with Crippen LogP contribution in [0.25, 0.3) is 0 Å². The maximum Gasteiger partial charge on any atom is 0.410 e. The van der Waals surface area contributed by atoms with E-state index in [0.717, 1.165) is 11.3 Å². The van der Waals surface area contributed by atoms with Gasteiger partial charge in [0.15, 0.2) is 0 Å². The molecule has 8 nitrogen and oxygen atoms in total. The van der Waals surface area contributed by atoms with E-state index in [2.05, 4.69) is 15.2 Å². The molecule has 0 radical (unpaired) electrons. The average Bonchev–Trinajstić information content (AvgIpc) is 2.73. The summed E-state index contributed by atoms with van der Waals surface area (Å²) in [5.74, 6) is 0.895. The third-order valence-electron chi connectivity index (χ3n) is 4.96. The third kappa shape index (κ3) is 5.87. The van der Waals surface area contributed by atoms with Crippen LogP contribution in [-0.4, -0.2) is 60.8 Å². The lowest BCUT2D eigenvalue weighted by atomic mass is 10.1. The van der Waals surface area contributed by atoms with E-state index in [1.54, 1.807) is 36.4 Å². The van der Waals surface area contributed by atoms with Gasteiger partial charge in [-0.15, -0.1) is 0 Å². The van der Waals surface area contributed by atoms with Crippen molar-refractivity contribution in [1.29, 1.82) is 0 Å². The number of rotatable bonds is 4. The highest BCUT2D eigenvalue weighted by Crippen LogP contribution is 2.21. The first-order chi connectivity index (χ1) is 14.7. The summed E-state index contributed by atoms with van der Waals surface area (Å²) in [6, 6.07) is 9.01. The van der Waals surface area contributed by atoms with Gasteiger partial charge in [-0.1, -0.05) is 6.07 Å². The molecule has 1 N–H and O–H groups in total. The van der Waals surface area contributed by atoms with Gasteiger partial charge in [0.2, 0.25) is 0 Å². The van der Waals surface area contributed by atoms with E-state index in [1.807, 2.05) is 39.8 Å². The molecule has 1 aliphatic heterocycles. The minimum atomic E-state index is -0.498. The van der Waals surface area contributed by atoms with Crippen LogP contribution in [0.1, 0.15) is 36.7 Å². The highest BCUT2D eigenvalue weighted by atomic mass is 16.6. The Balaban J connectivity index is 1.56. The summed E-state index contributed by atoms with van der Waals surface area (Å²) in [6.45, 7) is 10.1. The van der Waals surface area contributed by atoms with E-state index in [4.69, 9.17) is 9.47 Å². The molecule has 8 heteroatoms. The van der Waals surface area contributed by atoms with Crippen molar-refractivity contribution in [1.82, 2.24) is 9.88 Å². The molecule has 0 spiro atoms. The molecule has 2 amide bonds. The Kier molecular flexibility index (Phi) is 6.68. The number of piperazine rings is 1. The largest absolute Gasteiger partial charge is 0.496 e. The number of aromatic nitrogens is 1. The second-order valence-electron chi connectivity index (χ2n) is 8.49. The van der Waals surface area contributed by atoms with Crippen molar-refractivity contribution in [3.63, 3.8) is 0 Å². The molecule has 1 fully saturated rings. The van der Waals surface area contributed by atoms with Crippen molar-refractivity contribution in [3.8, 4) is 5.75 Å². The van der Waals surface area contributed by atoms with E-state index < -0.39 is 5.60 Å². The number of carbonyl (C=O) groups excluding carboxylic acids is 2. The maximum absolute atomic E-state index is 12.5. The molecular weight excluding hydrogens is 396 g/mol. The first kappa shape index (κ1) is 22.4. The van der Waals surface area contributed by atoms with E-state index >= 15 is 0 Å². The van der Waals surface area contributed by atoms with Crippen molar-refractivity contribution in [2.24, 2.45) is 0 Å². The van der Waals surface area contributed by atoms with Gasteiger partial charge in [-0.25, -0.2) is 9.78 Å². The first-order valence-corrected chi connectivity index (χ1v) is 10.3. The Hall–Kier alpha value is -3.29. The van der Waals surface area contributed by atoms with E-state index in [1.165, 1.54) is 0 Å². The Labute approximate surface area is 183 Å². The summed E-state index contributed by atoms with van der Waals surface area (Å²) in [7, 11) is 1.58. The number of pyridine rings is 1. The van der Waals surface area contributed by atoms with Crippen LogP contribution in [0.15, 0.2) is 36.5 Å². The molecule has 1 aromatic heterocycles. The molecule has 2 heterocycles. The van der Waals surface area contributed by atoms with Crippen LogP contribution >= 0.6 is 0 Å². The van der Waals surface area contributed by atoms with Crippen molar-refractivity contribution in [2.75, 3.05) is 43.5 Å². The minimum absolute atomic E-state index is 0.246. The molecule has 1 saturated heterocycles. The normalized spacial score (nSPS) is 14.2. The lowest BCUT2D eigenvalue weighted by Crippen LogP contribution is -2.50. The SMILES string of the molecule is COc1cc(C(=O)Nc2ccc(N3CCN(C(=O)OC(C)(C)C)CC3)cn2)ccc1C. The van der Waals surface area contributed by atoms with Crippen LogP contribution in [0.3, 0.4) is 0 Å². The number of hydrogen-bond acceptors (Lipinski definition) is 6. The fraction of sp³-hybridized carbons (Fsp3) is 0.435. The minimum Gasteiger partial charge on any atom is -0.496 e. The van der Waals surface area contributed by atoms with E-state index in [0.29, 0.717) is 43.3 Å². The maximum atomic E-state index is 12.5. The molecule has 2 aromatic rings. The summed E-state index contributed by atoms with van der Waals surface area (Å²) in [6.07, 6.45) is 1.45. The number of nitrogens with one attached hydrogen (secondary N) is 1. The summed E-state index contributed by atoms with van der Waals surface area (Å²) >= 11 is 0. The number of methoxy groups -OCH3 is 1. The van der Waals surface area contributed by atoms with Gasteiger partial charge < -0.3 is 24.6 Å². The highest BCUT2D eigenvalue weighted by Gasteiger charge is 2.26. The van der Waals surface area contributed by atoms with E-state index in [-0.39, 0.29) is 12.0 Å². The fourth-order valence-corrected chi connectivity index (χ4v) is 3.27. The predicted octanol–water partition coefficient (Wildman–Crippen LogP) is 3.71. The third-order valence-corrected chi connectivity index (χ3v) is 4.96. The van der Waals surface area contributed by atoms with Crippen molar-refractivity contribution < 1.29 is 19.1 Å². The predicted molar refractivity (Wildman–Crippen MR) is 120 cm³/mol. The highest BCUT2D eigenvalue weighted by molar-refractivity contribution is 6.04. The van der Waals surface area contributed by atoms with Crippen LogP contribution in [0, 0.1) is 6.92 Å². The molecule has 0 bridgehead atoms. The Morgan fingerprint density at radius 2 is 1.77 bits per heavy atom. The van der Waals surface area contributed by atoms with Gasteiger partial charge in [-0.3, -0.25) is 4.79 Å². The smallest absolute Gasteiger partial charge is 0.410 e. The van der Waals surface area contributed by atoms with Crippen LogP contribution in [-0.2, 0) is 4.74 Å². The molecule has 0 aliphatic carbocycles. The number of anilines is 2. The van der Waals surface area contributed by atoms with Crippen molar-refractivity contribution in [3.05, 3.63) is 47.7 Å². The van der Waals surface area contributed by atoms with Crippen LogP contribution < -0.4 is 15.0 Å². The number of hydrogen-bond donors (Lipinski definition) is 1. The van der Waals surface area contributed by atoms with Gasteiger partial charge in [0.1, 0.15) is 17.2 Å². The molecule has 31 heavy (non-hydrogen) atoms. The lowest BCUT2D eigenvalue weighted by molar-refractivity contribution is 0.0240. The van der Waals surface area contributed by atoms with Crippen molar-refractivity contribution >= 4 is 23.5 Å². The topological polar surface area (TPSA) is 84.0 Å². The monoisotopic (exact) mass is 426 g/mol. The van der Waals surface area contributed by atoms with Gasteiger partial charge in [-0.05, 0) is 57.5 Å². The number of carbonyl (C=O) groups is 2. The van der Waals surface area contributed by atoms with Gasteiger partial charge >= 0.3 is 6.09 Å². The zero-order valence-corrected chi connectivity index (χ0v) is 18.8. The number of amides is 2. The molecule has 1 aromatic carbocycles. The summed E-state index contributed by atoms with van der Waals surface area (Å²) in [5, 5.41) is 2.81. The van der Waals surface area contributed by atoms with Gasteiger partial charge in [0.05, 0.1) is 19.0 Å². The molecule has 0 saturated carbocycles. The second kappa shape index (κ2) is 9.24. The Morgan fingerprint density at radius 3 is 2.35 bits per heavy atom. The summed E-state index contributed by atoms with van der Waals surface area (Å²) in [5.41, 5.74) is 1.92. The molecule has 1 aliphatic rings. The zero-order chi connectivity index (χ0) is 22.6. The van der Waals surface area contributed by atoms with Gasteiger partial charge in [0.25, 0.3) is 5.91 Å². The number of benzene rings is 1. The number of ether oxygens (including phenoxy) is 2. The average molecular weight is 427 g/mol. The summed E-state index contributed by atoms with van der Waals surface area (Å²) < 4.78 is 10.7. The van der Waals surface area contributed by atoms with Crippen LogP contribution in [0.5, 0.6) is 5.75 Å². The number of nitrogens with zero attached hydrogens (tertiary/aromatic N) is 3. The molecule has 0 atom stereocenters. The van der Waals surface area contributed by atoms with Crippen LogP contribution in [0.4, 0.5) is 16.3 Å². The second-order valence-corrected chi connectivity index (χ2v) is 8.49. The first-order valence-electron chi connectivity index (χ1n) is 10.3. The molecule has 0 unspecified atom stereocenters. The molecular formula is C23H30N4O4. The fourth-order valence-electron chi connectivity index (χ4n) is 3.27. The zero-order valence-electron chi connectivity index (χ0n) is 18.8. The Bertz CT molecular complexity index is 930. The lowest BCUT2D eigenvalue weighted by Gasteiger charge is -2.36. The number of aryl methyl sites for hydroxylation is 1. The van der Waals surface area contributed by atoms with Crippen molar-refractivity contribution in [2.45, 2.75) is 33.3 Å². The van der Waals surface area contributed by atoms with Crippen LogP contribution in [0.2, 0.25) is 0 Å². The molecule has 3 rings (SSSR count). The van der Waals surface area contributed by atoms with E-state index in [9.17, 15) is 9.59 Å². The van der Waals surface area contributed by atoms with Gasteiger partial charge in [-0.2, -0.15) is 0 Å². The Morgan fingerprint density at radius 1 is 1.06 bits per heavy atom. The quantitative estimate of drug-likeness (QED) is 0.802.